The summed E-state index contributed by atoms with van der Waals surface area (Å²) in [6.45, 7) is 6.89. The maximum Gasteiger partial charge on any atom is 0.119 e. The van der Waals surface area contributed by atoms with Crippen molar-refractivity contribution in [3.63, 3.8) is 0 Å². The third-order valence-corrected chi connectivity index (χ3v) is 4.92. The van der Waals surface area contributed by atoms with Gasteiger partial charge in [0.05, 0.1) is 7.11 Å². The molecular formula is C18H30N2O. The van der Waals surface area contributed by atoms with Gasteiger partial charge in [0, 0.05) is 19.1 Å². The zero-order valence-corrected chi connectivity index (χ0v) is 14.1. The predicted molar refractivity (Wildman–Crippen MR) is 88.7 cm³/mol. The van der Waals surface area contributed by atoms with Crippen molar-refractivity contribution in [3.8, 4) is 5.75 Å². The summed E-state index contributed by atoms with van der Waals surface area (Å²) >= 11 is 0. The molecule has 2 unspecified atom stereocenters. The summed E-state index contributed by atoms with van der Waals surface area (Å²) in [6, 6.07) is 8.99. The van der Waals surface area contributed by atoms with Crippen molar-refractivity contribution in [2.75, 3.05) is 27.7 Å². The molecule has 0 aliphatic heterocycles. The molecule has 0 heterocycles. The van der Waals surface area contributed by atoms with E-state index < -0.39 is 0 Å². The number of hydrogen-bond acceptors (Lipinski definition) is 3. The van der Waals surface area contributed by atoms with Gasteiger partial charge in [0.1, 0.15) is 5.75 Å². The normalized spacial score (nSPS) is 24.5. The fraction of sp³-hybridized carbons (Fsp3) is 0.667. The van der Waals surface area contributed by atoms with E-state index in [4.69, 9.17) is 4.74 Å². The number of hydrogen-bond donors (Lipinski definition) is 1. The lowest BCUT2D eigenvalue weighted by Gasteiger charge is -2.32. The van der Waals surface area contributed by atoms with Crippen molar-refractivity contribution in [1.82, 2.24) is 10.2 Å². The molecule has 1 aromatic carbocycles. The van der Waals surface area contributed by atoms with E-state index in [0.717, 1.165) is 24.8 Å². The third-order valence-electron chi connectivity index (χ3n) is 4.92. The molecular weight excluding hydrogens is 260 g/mol. The highest BCUT2D eigenvalue weighted by Crippen LogP contribution is 2.41. The number of rotatable bonds is 6. The molecule has 0 spiro atoms. The monoisotopic (exact) mass is 290 g/mol. The van der Waals surface area contributed by atoms with Crippen LogP contribution in [0.15, 0.2) is 24.3 Å². The topological polar surface area (TPSA) is 24.5 Å². The Morgan fingerprint density at radius 1 is 1.38 bits per heavy atom. The quantitative estimate of drug-likeness (QED) is 0.871. The maximum absolute atomic E-state index is 5.30. The summed E-state index contributed by atoms with van der Waals surface area (Å²) in [7, 11) is 6.05. The van der Waals surface area contributed by atoms with Crippen LogP contribution in [0.1, 0.15) is 32.3 Å². The second-order valence-electron chi connectivity index (χ2n) is 7.10. The van der Waals surface area contributed by atoms with Gasteiger partial charge in [-0.25, -0.2) is 0 Å². The first-order valence-electron chi connectivity index (χ1n) is 7.95. The molecule has 0 amide bonds. The fourth-order valence-electron chi connectivity index (χ4n) is 3.89. The summed E-state index contributed by atoms with van der Waals surface area (Å²) in [5.41, 5.74) is 1.73. The molecule has 1 aliphatic rings. The molecule has 0 saturated heterocycles. The second-order valence-corrected chi connectivity index (χ2v) is 7.10. The van der Waals surface area contributed by atoms with E-state index in [9.17, 15) is 0 Å². The van der Waals surface area contributed by atoms with Crippen LogP contribution in [0.2, 0.25) is 0 Å². The summed E-state index contributed by atoms with van der Waals surface area (Å²) < 4.78 is 5.30. The molecule has 3 nitrogen and oxygen atoms in total. The molecule has 1 saturated carbocycles. The molecule has 1 fully saturated rings. The Morgan fingerprint density at radius 2 is 2.14 bits per heavy atom. The van der Waals surface area contributed by atoms with Crippen LogP contribution in [0, 0.1) is 11.3 Å². The van der Waals surface area contributed by atoms with Crippen LogP contribution < -0.4 is 10.1 Å². The van der Waals surface area contributed by atoms with E-state index >= 15 is 0 Å². The number of nitrogens with one attached hydrogen (secondary N) is 1. The molecule has 0 radical (unpaired) electrons. The zero-order chi connectivity index (χ0) is 15.5. The average molecular weight is 290 g/mol. The molecule has 21 heavy (non-hydrogen) atoms. The van der Waals surface area contributed by atoms with Gasteiger partial charge in [-0.2, -0.15) is 0 Å². The average Bonchev–Trinajstić information content (AvgIpc) is 2.73. The second kappa shape index (κ2) is 6.80. The van der Waals surface area contributed by atoms with E-state index in [1.54, 1.807) is 7.11 Å². The molecule has 3 heteroatoms. The van der Waals surface area contributed by atoms with Gasteiger partial charge in [-0.15, -0.1) is 0 Å². The van der Waals surface area contributed by atoms with Gasteiger partial charge in [-0.3, -0.25) is 0 Å². The first-order chi connectivity index (χ1) is 9.96. The van der Waals surface area contributed by atoms with Crippen LogP contribution in [-0.4, -0.2) is 38.7 Å². The summed E-state index contributed by atoms with van der Waals surface area (Å²) in [5, 5.41) is 3.55. The van der Waals surface area contributed by atoms with Crippen molar-refractivity contribution in [1.29, 1.82) is 0 Å². The first-order valence-corrected chi connectivity index (χ1v) is 7.95. The maximum atomic E-state index is 5.30. The molecule has 0 bridgehead atoms. The Kier molecular flexibility index (Phi) is 5.28. The summed E-state index contributed by atoms with van der Waals surface area (Å²) in [5.74, 6) is 1.68. The van der Waals surface area contributed by atoms with Crippen LogP contribution in [-0.2, 0) is 6.54 Å². The van der Waals surface area contributed by atoms with Gasteiger partial charge in [0.2, 0.25) is 0 Å². The highest BCUT2D eigenvalue weighted by molar-refractivity contribution is 5.28. The van der Waals surface area contributed by atoms with Crippen molar-refractivity contribution < 1.29 is 4.74 Å². The van der Waals surface area contributed by atoms with Crippen molar-refractivity contribution in [2.24, 2.45) is 11.3 Å². The molecule has 2 rings (SSSR count). The Labute approximate surface area is 129 Å². The first kappa shape index (κ1) is 16.3. The smallest absolute Gasteiger partial charge is 0.119 e. The van der Waals surface area contributed by atoms with Gasteiger partial charge in [0.25, 0.3) is 0 Å². The van der Waals surface area contributed by atoms with Gasteiger partial charge in [-0.05, 0) is 56.0 Å². The number of nitrogens with zero attached hydrogens (tertiary/aromatic N) is 1. The van der Waals surface area contributed by atoms with E-state index in [0.29, 0.717) is 11.5 Å². The number of methoxy groups -OCH3 is 1. The van der Waals surface area contributed by atoms with Gasteiger partial charge in [0.15, 0.2) is 0 Å². The SMILES string of the molecule is CNC1C(CN(C)Cc2cccc(OC)c2)CCC1(C)C. The van der Waals surface area contributed by atoms with E-state index in [-0.39, 0.29) is 0 Å². The Bertz CT molecular complexity index is 458. The standard InChI is InChI=1S/C18H30N2O/c1-18(2)10-9-15(17(18)19-3)13-20(4)12-14-7-6-8-16(11-14)21-5/h6-8,11,15,17,19H,9-10,12-13H2,1-5H3. The minimum absolute atomic E-state index is 0.413. The third kappa shape index (κ3) is 3.98. The summed E-state index contributed by atoms with van der Waals surface area (Å²) in [6.07, 6.45) is 2.64. The lowest BCUT2D eigenvalue weighted by atomic mass is 9.85. The van der Waals surface area contributed by atoms with Crippen LogP contribution >= 0.6 is 0 Å². The van der Waals surface area contributed by atoms with Crippen molar-refractivity contribution in [2.45, 2.75) is 39.3 Å². The van der Waals surface area contributed by atoms with Crippen LogP contribution in [0.25, 0.3) is 0 Å². The van der Waals surface area contributed by atoms with Crippen LogP contribution in [0.3, 0.4) is 0 Å². The molecule has 118 valence electrons. The number of ether oxygens (including phenoxy) is 1. The predicted octanol–water partition coefficient (Wildman–Crippen LogP) is 3.15. The molecule has 2 atom stereocenters. The number of benzene rings is 1. The Balaban J connectivity index is 1.94. The van der Waals surface area contributed by atoms with Crippen LogP contribution in [0.5, 0.6) is 5.75 Å². The van der Waals surface area contributed by atoms with Gasteiger partial charge in [-0.1, -0.05) is 26.0 Å². The van der Waals surface area contributed by atoms with Gasteiger partial charge < -0.3 is 15.0 Å². The minimum atomic E-state index is 0.413. The largest absolute Gasteiger partial charge is 0.497 e. The van der Waals surface area contributed by atoms with Crippen molar-refractivity contribution in [3.05, 3.63) is 29.8 Å². The lowest BCUT2D eigenvalue weighted by molar-refractivity contribution is 0.207. The van der Waals surface area contributed by atoms with Crippen molar-refractivity contribution >= 4 is 0 Å². The summed E-state index contributed by atoms with van der Waals surface area (Å²) in [4.78, 5) is 2.44. The highest BCUT2D eigenvalue weighted by Gasteiger charge is 2.40. The minimum Gasteiger partial charge on any atom is -0.497 e. The Morgan fingerprint density at radius 3 is 2.81 bits per heavy atom. The molecule has 0 aromatic heterocycles. The molecule has 1 aliphatic carbocycles. The van der Waals surface area contributed by atoms with E-state index in [1.165, 1.54) is 18.4 Å². The fourth-order valence-corrected chi connectivity index (χ4v) is 3.89. The van der Waals surface area contributed by atoms with Crippen LogP contribution in [0.4, 0.5) is 0 Å². The highest BCUT2D eigenvalue weighted by atomic mass is 16.5. The zero-order valence-electron chi connectivity index (χ0n) is 14.1. The van der Waals surface area contributed by atoms with E-state index in [2.05, 4.69) is 56.4 Å². The molecule has 1 N–H and O–H groups in total. The lowest BCUT2D eigenvalue weighted by Crippen LogP contribution is -2.43. The van der Waals surface area contributed by atoms with E-state index in [1.807, 2.05) is 6.07 Å². The molecule has 1 aromatic rings. The van der Waals surface area contributed by atoms with Gasteiger partial charge >= 0.3 is 0 Å². The Hall–Kier alpha value is -1.06.